The Hall–Kier alpha value is -1.21. The Kier molecular flexibility index (Phi) is 2.83. The van der Waals surface area contributed by atoms with Crippen LogP contribution in [0, 0.1) is 5.92 Å². The molecule has 1 fully saturated rings. The van der Waals surface area contributed by atoms with Crippen molar-refractivity contribution in [3.63, 3.8) is 0 Å². The average molecular weight is 211 g/mol. The Morgan fingerprint density at radius 2 is 2.00 bits per heavy atom. The summed E-state index contributed by atoms with van der Waals surface area (Å²) in [5.41, 5.74) is 0.251. The summed E-state index contributed by atoms with van der Waals surface area (Å²) in [5, 5.41) is 17.6. The summed E-state index contributed by atoms with van der Waals surface area (Å²) in [7, 11) is -1.55. The summed E-state index contributed by atoms with van der Waals surface area (Å²) in [6, 6.07) is 0. The maximum Gasteiger partial charge on any atom is 0.491 e. The fraction of sp³-hybridized carbons (Fsp3) is 0.500. The van der Waals surface area contributed by atoms with Crippen molar-refractivity contribution < 1.29 is 14.4 Å². The van der Waals surface area contributed by atoms with E-state index in [1.165, 1.54) is 12.4 Å². The van der Waals surface area contributed by atoms with Crippen LogP contribution in [0.1, 0.15) is 0 Å². The zero-order chi connectivity index (χ0) is 10.8. The molecule has 0 spiro atoms. The van der Waals surface area contributed by atoms with Gasteiger partial charge in [-0.05, 0) is 0 Å². The van der Waals surface area contributed by atoms with Crippen LogP contribution < -0.4 is 10.4 Å². The number of rotatable bonds is 3. The van der Waals surface area contributed by atoms with Gasteiger partial charge in [-0.3, -0.25) is 4.39 Å². The van der Waals surface area contributed by atoms with Crippen LogP contribution in [0.3, 0.4) is 0 Å². The minimum atomic E-state index is -1.55. The molecule has 1 aliphatic heterocycles. The van der Waals surface area contributed by atoms with Gasteiger partial charge in [0.1, 0.15) is 0 Å². The predicted molar refractivity (Wildman–Crippen MR) is 53.5 cm³/mol. The van der Waals surface area contributed by atoms with Gasteiger partial charge < -0.3 is 14.9 Å². The zero-order valence-corrected chi connectivity index (χ0v) is 8.04. The van der Waals surface area contributed by atoms with Crippen LogP contribution in [0.15, 0.2) is 12.4 Å². The average Bonchev–Trinajstić information content (AvgIpc) is 2.17. The van der Waals surface area contributed by atoms with Crippen LogP contribution in [-0.4, -0.2) is 46.9 Å². The van der Waals surface area contributed by atoms with Crippen molar-refractivity contribution in [1.29, 1.82) is 0 Å². The highest BCUT2D eigenvalue weighted by atomic mass is 19.1. The van der Waals surface area contributed by atoms with Gasteiger partial charge in [-0.25, -0.2) is 9.97 Å². The van der Waals surface area contributed by atoms with Crippen molar-refractivity contribution in [2.75, 3.05) is 24.7 Å². The maximum atomic E-state index is 12.2. The molecule has 2 rings (SSSR count). The van der Waals surface area contributed by atoms with Gasteiger partial charge >= 0.3 is 7.12 Å². The number of anilines is 1. The largest absolute Gasteiger partial charge is 0.491 e. The SMILES string of the molecule is OB(O)c1cnc(N2CC(CF)C2)nc1. The summed E-state index contributed by atoms with van der Waals surface area (Å²) >= 11 is 0. The van der Waals surface area contributed by atoms with Crippen LogP contribution in [0.4, 0.5) is 10.3 Å². The third-order valence-corrected chi connectivity index (χ3v) is 2.41. The molecule has 0 aromatic carbocycles. The Balaban J connectivity index is 1.99. The molecule has 2 N–H and O–H groups in total. The van der Waals surface area contributed by atoms with E-state index in [4.69, 9.17) is 10.0 Å². The lowest BCUT2D eigenvalue weighted by molar-refractivity contribution is 0.303. The molecule has 5 nitrogen and oxygen atoms in total. The third-order valence-electron chi connectivity index (χ3n) is 2.41. The lowest BCUT2D eigenvalue weighted by Gasteiger charge is -2.37. The van der Waals surface area contributed by atoms with Gasteiger partial charge in [0.05, 0.1) is 6.67 Å². The molecular formula is C8H11BFN3O2. The summed E-state index contributed by atoms with van der Waals surface area (Å²) in [6.07, 6.45) is 2.71. The number of alkyl halides is 1. The molecule has 1 aliphatic rings. The molecule has 0 radical (unpaired) electrons. The van der Waals surface area contributed by atoms with Gasteiger partial charge in [-0.1, -0.05) is 0 Å². The molecule has 80 valence electrons. The Labute approximate surface area is 86.7 Å². The molecule has 15 heavy (non-hydrogen) atoms. The highest BCUT2D eigenvalue weighted by Crippen LogP contribution is 2.20. The Morgan fingerprint density at radius 1 is 1.40 bits per heavy atom. The van der Waals surface area contributed by atoms with Gasteiger partial charge in [0.25, 0.3) is 0 Å². The number of hydrogen-bond donors (Lipinski definition) is 2. The van der Waals surface area contributed by atoms with Crippen LogP contribution in [-0.2, 0) is 0 Å². The summed E-state index contributed by atoms with van der Waals surface area (Å²) in [4.78, 5) is 9.77. The van der Waals surface area contributed by atoms with Crippen molar-refractivity contribution in [2.24, 2.45) is 5.92 Å². The van der Waals surface area contributed by atoms with Crippen LogP contribution in [0.25, 0.3) is 0 Å². The zero-order valence-electron chi connectivity index (χ0n) is 8.04. The summed E-state index contributed by atoms with van der Waals surface area (Å²) in [5.74, 6) is 0.584. The second-order valence-electron chi connectivity index (χ2n) is 3.62. The Morgan fingerprint density at radius 3 is 2.47 bits per heavy atom. The first-order chi connectivity index (χ1) is 7.20. The maximum absolute atomic E-state index is 12.2. The molecule has 1 aromatic rings. The van der Waals surface area contributed by atoms with Gasteiger partial charge in [-0.2, -0.15) is 0 Å². The number of halogens is 1. The van der Waals surface area contributed by atoms with Crippen molar-refractivity contribution in [1.82, 2.24) is 9.97 Å². The molecule has 0 amide bonds. The first-order valence-electron chi connectivity index (χ1n) is 4.69. The lowest BCUT2D eigenvalue weighted by Crippen LogP contribution is -2.48. The molecule has 7 heteroatoms. The molecule has 1 aromatic heterocycles. The molecular weight excluding hydrogens is 200 g/mol. The fourth-order valence-electron chi connectivity index (χ4n) is 1.46. The van der Waals surface area contributed by atoms with Crippen LogP contribution >= 0.6 is 0 Å². The molecule has 0 atom stereocenters. The number of nitrogens with zero attached hydrogens (tertiary/aromatic N) is 3. The van der Waals surface area contributed by atoms with Crippen LogP contribution in [0.5, 0.6) is 0 Å². The first-order valence-corrected chi connectivity index (χ1v) is 4.69. The minimum absolute atomic E-state index is 0.0803. The summed E-state index contributed by atoms with van der Waals surface area (Å²) < 4.78 is 12.2. The van der Waals surface area contributed by atoms with E-state index in [1.54, 1.807) is 0 Å². The topological polar surface area (TPSA) is 69.5 Å². The molecule has 1 saturated heterocycles. The molecule has 0 saturated carbocycles. The normalized spacial score (nSPS) is 16.3. The number of hydrogen-bond acceptors (Lipinski definition) is 5. The van der Waals surface area contributed by atoms with E-state index in [0.29, 0.717) is 19.0 Å². The van der Waals surface area contributed by atoms with Crippen molar-refractivity contribution in [3.8, 4) is 0 Å². The lowest BCUT2D eigenvalue weighted by atomic mass is 9.83. The highest BCUT2D eigenvalue weighted by molar-refractivity contribution is 6.58. The number of aromatic nitrogens is 2. The smallest absolute Gasteiger partial charge is 0.423 e. The molecule has 0 unspecified atom stereocenters. The van der Waals surface area contributed by atoms with E-state index in [0.717, 1.165) is 0 Å². The van der Waals surface area contributed by atoms with Gasteiger partial charge in [0, 0.05) is 36.9 Å². The quantitative estimate of drug-likeness (QED) is 0.599. The summed E-state index contributed by atoms with van der Waals surface area (Å²) in [6.45, 7) is 0.930. The van der Waals surface area contributed by atoms with Gasteiger partial charge in [0.2, 0.25) is 5.95 Å². The molecule has 0 bridgehead atoms. The van der Waals surface area contributed by atoms with Crippen molar-refractivity contribution in [2.45, 2.75) is 0 Å². The van der Waals surface area contributed by atoms with E-state index < -0.39 is 7.12 Å². The van der Waals surface area contributed by atoms with Crippen molar-refractivity contribution >= 4 is 18.5 Å². The van der Waals surface area contributed by atoms with E-state index in [9.17, 15) is 4.39 Å². The highest BCUT2D eigenvalue weighted by Gasteiger charge is 2.28. The van der Waals surface area contributed by atoms with E-state index in [2.05, 4.69) is 9.97 Å². The van der Waals surface area contributed by atoms with E-state index in [1.807, 2.05) is 4.90 Å². The van der Waals surface area contributed by atoms with Crippen molar-refractivity contribution in [3.05, 3.63) is 12.4 Å². The second-order valence-corrected chi connectivity index (χ2v) is 3.62. The van der Waals surface area contributed by atoms with E-state index in [-0.39, 0.29) is 18.1 Å². The molecule has 2 heterocycles. The van der Waals surface area contributed by atoms with Gasteiger partial charge in [0.15, 0.2) is 0 Å². The standard InChI is InChI=1S/C8H11BFN3O2/c10-1-6-4-13(5-6)8-11-2-7(3-12-8)9(14)15/h2-3,6,14-15H,1,4-5H2. The second kappa shape index (κ2) is 4.12. The fourth-order valence-corrected chi connectivity index (χ4v) is 1.46. The van der Waals surface area contributed by atoms with E-state index >= 15 is 0 Å². The molecule has 0 aliphatic carbocycles. The first kappa shape index (κ1) is 10.3. The third kappa shape index (κ3) is 2.08. The monoisotopic (exact) mass is 211 g/mol. The van der Waals surface area contributed by atoms with Crippen LogP contribution in [0.2, 0.25) is 0 Å². The van der Waals surface area contributed by atoms with Gasteiger partial charge in [-0.15, -0.1) is 0 Å². The Bertz CT molecular complexity index is 329. The predicted octanol–water partition coefficient (Wildman–Crippen LogP) is -1.44. The minimum Gasteiger partial charge on any atom is -0.423 e.